The first-order valence-corrected chi connectivity index (χ1v) is 14.4. The summed E-state index contributed by atoms with van der Waals surface area (Å²) in [6.07, 6.45) is 2.11. The first kappa shape index (κ1) is 28.3. The van der Waals surface area contributed by atoms with Crippen molar-refractivity contribution in [2.45, 2.75) is 25.3 Å². The molecule has 0 unspecified atom stereocenters. The molecule has 1 aliphatic rings. The Balaban J connectivity index is 0.000000372. The third-order valence-corrected chi connectivity index (χ3v) is 7.57. The Morgan fingerprint density at radius 2 is 1.24 bits per heavy atom. The van der Waals surface area contributed by atoms with Crippen LogP contribution in [0, 0.1) is 6.92 Å². The molecule has 0 bridgehead atoms. The van der Waals surface area contributed by atoms with E-state index in [-0.39, 0.29) is 0 Å². The summed E-state index contributed by atoms with van der Waals surface area (Å²) in [7, 11) is -6.09. The molecule has 0 aliphatic heterocycles. The molecule has 0 atom stereocenters. The van der Waals surface area contributed by atoms with Crippen LogP contribution in [0.15, 0.2) is 115 Å². The topological polar surface area (TPSA) is 61.1 Å². The van der Waals surface area contributed by atoms with Crippen molar-refractivity contribution in [1.82, 2.24) is 0 Å². The molecule has 1 heterocycles. The smallest absolute Gasteiger partial charge is 0.485 e. The summed E-state index contributed by atoms with van der Waals surface area (Å²) in [5.41, 5.74) is 7.40. The maximum absolute atomic E-state index is 10.7. The number of aromatic nitrogens is 1. The van der Waals surface area contributed by atoms with E-state index in [0.29, 0.717) is 0 Å². The average molecular weight is 574 g/mol. The molecule has 1 aromatic heterocycles. The lowest BCUT2D eigenvalue weighted by Gasteiger charge is -2.23. The Bertz CT molecular complexity index is 1790. The van der Waals surface area contributed by atoms with Crippen molar-refractivity contribution in [3.63, 3.8) is 0 Å². The minimum absolute atomic E-state index is 1.04. The fraction of sp³-hybridized carbons (Fsp3) is 0.121. The van der Waals surface area contributed by atoms with E-state index < -0.39 is 15.6 Å². The summed E-state index contributed by atoms with van der Waals surface area (Å²) >= 11 is 0. The zero-order valence-corrected chi connectivity index (χ0v) is 22.9. The highest BCUT2D eigenvalue weighted by molar-refractivity contribution is 7.86. The molecule has 0 amide bonds. The van der Waals surface area contributed by atoms with Crippen LogP contribution in [0.25, 0.3) is 39.3 Å². The van der Waals surface area contributed by atoms with E-state index in [4.69, 9.17) is 13.0 Å². The van der Waals surface area contributed by atoms with E-state index in [1.165, 1.54) is 56.0 Å². The highest BCUT2D eigenvalue weighted by atomic mass is 32.2. The normalized spacial score (nSPS) is 12.5. The quantitative estimate of drug-likeness (QED) is 0.128. The van der Waals surface area contributed by atoms with E-state index in [0.717, 1.165) is 12.8 Å². The zero-order chi connectivity index (χ0) is 29.2. The molecule has 0 saturated carbocycles. The van der Waals surface area contributed by atoms with Crippen molar-refractivity contribution in [3.05, 3.63) is 132 Å². The molecule has 0 N–H and O–H groups in total. The van der Waals surface area contributed by atoms with Gasteiger partial charge in [0.1, 0.15) is 0 Å². The number of pyridine rings is 1. The van der Waals surface area contributed by atoms with Crippen LogP contribution in [-0.4, -0.2) is 18.5 Å². The number of nitrogens with zero attached hydrogens (tertiary/aromatic N) is 1. The molecular formula is C33H26F3NO3S. The summed E-state index contributed by atoms with van der Waals surface area (Å²) in [5.74, 6) is 0. The number of halogens is 3. The molecule has 0 saturated heterocycles. The lowest BCUT2D eigenvalue weighted by atomic mass is 9.83. The van der Waals surface area contributed by atoms with Crippen LogP contribution in [-0.2, 0) is 23.0 Å². The Hall–Kier alpha value is -4.27. The standard InChI is InChI=1S/C32H26N.CHF3O3S/c1-23-16-19-27(20-17-23)33-31(26-13-6-3-7-14-26)22-30(24-10-4-2-5-11-24)29-21-18-25-12-8-9-15-28(25)32(29)33;2-1(3,4)8(5,6)7/h2-17,19-20,22H,18,21H2,1H3;(H,5,6,7)/q+1;/p-1. The van der Waals surface area contributed by atoms with E-state index in [2.05, 4.69) is 127 Å². The first-order valence-electron chi connectivity index (χ1n) is 12.9. The lowest BCUT2D eigenvalue weighted by Crippen LogP contribution is -2.39. The van der Waals surface area contributed by atoms with E-state index in [9.17, 15) is 13.2 Å². The molecule has 41 heavy (non-hydrogen) atoms. The molecule has 5 aromatic rings. The predicted molar refractivity (Wildman–Crippen MR) is 152 cm³/mol. The Labute approximate surface area is 237 Å². The van der Waals surface area contributed by atoms with Crippen LogP contribution < -0.4 is 4.57 Å². The van der Waals surface area contributed by atoms with Gasteiger partial charge in [0.2, 0.25) is 17.1 Å². The van der Waals surface area contributed by atoms with Gasteiger partial charge in [-0.25, -0.2) is 8.42 Å². The SMILES string of the molecule is Cc1ccc(-[n+]2c(-c3ccccc3)cc(-c3ccccc3)c3c2-c2ccccc2CC3)cc1.O=S(=O)([O-])C(F)(F)F. The van der Waals surface area contributed by atoms with E-state index in [1.807, 2.05) is 0 Å². The number of hydrogen-bond donors (Lipinski definition) is 0. The van der Waals surface area contributed by atoms with Gasteiger partial charge in [-0.15, -0.1) is 0 Å². The molecule has 208 valence electrons. The predicted octanol–water partition coefficient (Wildman–Crippen LogP) is 7.42. The number of fused-ring (bicyclic) bond motifs is 3. The number of aryl methyl sites for hydroxylation is 2. The highest BCUT2D eigenvalue weighted by Crippen LogP contribution is 2.39. The third-order valence-electron chi connectivity index (χ3n) is 7.00. The van der Waals surface area contributed by atoms with Crippen LogP contribution in [0.3, 0.4) is 0 Å². The highest BCUT2D eigenvalue weighted by Gasteiger charge is 2.37. The van der Waals surface area contributed by atoms with Gasteiger partial charge in [0.25, 0.3) is 0 Å². The summed E-state index contributed by atoms with van der Waals surface area (Å²) < 4.78 is 61.4. The summed E-state index contributed by atoms with van der Waals surface area (Å²) in [4.78, 5) is 0. The van der Waals surface area contributed by atoms with E-state index in [1.54, 1.807) is 0 Å². The zero-order valence-electron chi connectivity index (χ0n) is 22.1. The second-order valence-corrected chi connectivity index (χ2v) is 11.1. The van der Waals surface area contributed by atoms with Gasteiger partial charge in [0.05, 0.1) is 5.56 Å². The Kier molecular flexibility index (Phi) is 7.80. The third kappa shape index (κ3) is 5.94. The molecule has 0 fully saturated rings. The fourth-order valence-corrected chi connectivity index (χ4v) is 5.10. The second kappa shape index (κ2) is 11.3. The van der Waals surface area contributed by atoms with Gasteiger partial charge in [-0.3, -0.25) is 0 Å². The lowest BCUT2D eigenvalue weighted by molar-refractivity contribution is -0.572. The number of hydrogen-bond acceptors (Lipinski definition) is 3. The van der Waals surface area contributed by atoms with Crippen LogP contribution in [0.1, 0.15) is 16.7 Å². The monoisotopic (exact) mass is 573 g/mol. The van der Waals surface area contributed by atoms with Gasteiger partial charge >= 0.3 is 5.51 Å². The second-order valence-electron chi connectivity index (χ2n) is 9.73. The maximum atomic E-state index is 10.7. The van der Waals surface area contributed by atoms with Crippen molar-refractivity contribution < 1.29 is 30.7 Å². The van der Waals surface area contributed by atoms with Crippen LogP contribution in [0.5, 0.6) is 0 Å². The molecule has 4 aromatic carbocycles. The molecule has 4 nitrogen and oxygen atoms in total. The van der Waals surface area contributed by atoms with Crippen molar-refractivity contribution in [2.24, 2.45) is 0 Å². The first-order chi connectivity index (χ1) is 19.5. The van der Waals surface area contributed by atoms with Crippen molar-refractivity contribution in [1.29, 1.82) is 0 Å². The molecule has 6 rings (SSSR count). The van der Waals surface area contributed by atoms with Gasteiger partial charge < -0.3 is 4.55 Å². The number of rotatable bonds is 3. The minimum atomic E-state index is -6.09. The summed E-state index contributed by atoms with van der Waals surface area (Å²) in [6, 6.07) is 41.9. The molecule has 8 heteroatoms. The Morgan fingerprint density at radius 3 is 1.83 bits per heavy atom. The fourth-order valence-electron chi connectivity index (χ4n) is 5.10. The number of alkyl halides is 3. The van der Waals surface area contributed by atoms with Gasteiger partial charge in [-0.1, -0.05) is 84.4 Å². The summed E-state index contributed by atoms with van der Waals surface area (Å²) in [5, 5.41) is 0. The van der Waals surface area contributed by atoms with Crippen molar-refractivity contribution in [2.75, 3.05) is 0 Å². The van der Waals surface area contributed by atoms with Crippen molar-refractivity contribution in [3.8, 4) is 39.3 Å². The largest absolute Gasteiger partial charge is 0.741 e. The van der Waals surface area contributed by atoms with Gasteiger partial charge in [0.15, 0.2) is 10.1 Å². The van der Waals surface area contributed by atoms with Crippen molar-refractivity contribution >= 4 is 10.1 Å². The van der Waals surface area contributed by atoms with Crippen LogP contribution in [0.2, 0.25) is 0 Å². The van der Waals surface area contributed by atoms with Gasteiger partial charge in [-0.05, 0) is 54.7 Å². The average Bonchev–Trinajstić information content (AvgIpc) is 2.97. The van der Waals surface area contributed by atoms with Gasteiger partial charge in [-0.2, -0.15) is 17.7 Å². The van der Waals surface area contributed by atoms with Gasteiger partial charge in [0, 0.05) is 29.3 Å². The van der Waals surface area contributed by atoms with Crippen LogP contribution in [0.4, 0.5) is 13.2 Å². The Morgan fingerprint density at radius 1 is 0.707 bits per heavy atom. The number of benzene rings is 4. The molecule has 0 radical (unpaired) electrons. The molecule has 1 aliphatic carbocycles. The minimum Gasteiger partial charge on any atom is -0.741 e. The van der Waals surface area contributed by atoms with E-state index >= 15 is 0 Å². The molecule has 0 spiro atoms. The van der Waals surface area contributed by atoms with Crippen LogP contribution >= 0.6 is 0 Å². The summed E-state index contributed by atoms with van der Waals surface area (Å²) in [6.45, 7) is 2.15. The molecular weight excluding hydrogens is 547 g/mol. The maximum Gasteiger partial charge on any atom is 0.485 e.